The smallest absolute Gasteiger partial charge is 0.234 e. The number of hydrogen-bond acceptors (Lipinski definition) is 4. The molecule has 21 heavy (non-hydrogen) atoms. The van der Waals surface area contributed by atoms with Crippen LogP contribution in [-0.4, -0.2) is 21.3 Å². The molecule has 116 valence electrons. The fourth-order valence-corrected chi connectivity index (χ4v) is 2.17. The minimum absolute atomic E-state index is 0.00925. The van der Waals surface area contributed by atoms with Gasteiger partial charge in [0.15, 0.2) is 0 Å². The fourth-order valence-electron chi connectivity index (χ4n) is 1.94. The van der Waals surface area contributed by atoms with E-state index < -0.39 is 10.2 Å². The van der Waals surface area contributed by atoms with E-state index in [2.05, 4.69) is 37.2 Å². The van der Waals surface area contributed by atoms with Gasteiger partial charge in [-0.2, -0.15) is 0 Å². The number of aromatic nitrogens is 1. The SMILES string of the molecule is CCCCCC[C@H](C)Oc1cc(C(=O)S)nc(C(=O)S)c1. The van der Waals surface area contributed by atoms with E-state index in [1.165, 1.54) is 31.4 Å². The maximum atomic E-state index is 11.3. The van der Waals surface area contributed by atoms with Gasteiger partial charge in [0.25, 0.3) is 0 Å². The Morgan fingerprint density at radius 1 is 1.14 bits per heavy atom. The molecule has 0 saturated heterocycles. The van der Waals surface area contributed by atoms with E-state index in [4.69, 9.17) is 4.74 Å². The van der Waals surface area contributed by atoms with E-state index in [0.717, 1.165) is 12.8 Å². The molecular formula is C15H21NO3S2. The highest BCUT2D eigenvalue weighted by Gasteiger charge is 2.13. The second-order valence-electron chi connectivity index (χ2n) is 4.96. The highest BCUT2D eigenvalue weighted by atomic mass is 32.1. The van der Waals surface area contributed by atoms with E-state index in [9.17, 15) is 9.59 Å². The molecule has 0 bridgehead atoms. The number of hydrogen-bond donors (Lipinski definition) is 2. The molecule has 0 aliphatic rings. The zero-order valence-electron chi connectivity index (χ0n) is 12.3. The third-order valence-corrected chi connectivity index (χ3v) is 3.50. The van der Waals surface area contributed by atoms with Gasteiger partial charge in [-0.25, -0.2) is 4.98 Å². The third-order valence-electron chi connectivity index (χ3n) is 3.04. The van der Waals surface area contributed by atoms with Crippen LogP contribution in [0.4, 0.5) is 0 Å². The van der Waals surface area contributed by atoms with Crippen molar-refractivity contribution in [2.45, 2.75) is 52.1 Å². The van der Waals surface area contributed by atoms with E-state index in [1.807, 2.05) is 6.92 Å². The first-order valence-corrected chi connectivity index (χ1v) is 7.98. The molecule has 0 N–H and O–H groups in total. The highest BCUT2D eigenvalue weighted by molar-refractivity contribution is 7.97. The summed E-state index contributed by atoms with van der Waals surface area (Å²) in [6.45, 7) is 4.14. The molecule has 0 amide bonds. The standard InChI is InChI=1S/C15H21NO3S2/c1-3-4-5-6-7-10(2)19-11-8-12(14(17)20)16-13(9-11)15(18)21/h8-10H,3-7H2,1-2H3,(H,17,20)(H,18,21)/t10-/m0/s1. The number of carbonyl (C=O) groups excluding carboxylic acids is 2. The van der Waals surface area contributed by atoms with Crippen molar-refractivity contribution < 1.29 is 14.3 Å². The van der Waals surface area contributed by atoms with Crippen molar-refractivity contribution in [1.82, 2.24) is 4.98 Å². The quantitative estimate of drug-likeness (QED) is 0.532. The number of unbranched alkanes of at least 4 members (excludes halogenated alkanes) is 3. The molecule has 1 aromatic rings. The Morgan fingerprint density at radius 3 is 2.19 bits per heavy atom. The van der Waals surface area contributed by atoms with Crippen LogP contribution in [0.2, 0.25) is 0 Å². The van der Waals surface area contributed by atoms with Crippen LogP contribution in [0.5, 0.6) is 5.75 Å². The normalized spacial score (nSPS) is 12.0. The summed E-state index contributed by atoms with van der Waals surface area (Å²) >= 11 is 7.46. The molecule has 0 spiro atoms. The minimum Gasteiger partial charge on any atom is -0.491 e. The van der Waals surface area contributed by atoms with Crippen LogP contribution in [0.25, 0.3) is 0 Å². The Morgan fingerprint density at radius 2 is 1.71 bits per heavy atom. The molecule has 1 aromatic heterocycles. The minimum atomic E-state index is -0.508. The summed E-state index contributed by atoms with van der Waals surface area (Å²) in [5.74, 6) is 0.447. The van der Waals surface area contributed by atoms with Crippen molar-refractivity contribution >= 4 is 35.5 Å². The van der Waals surface area contributed by atoms with Gasteiger partial charge >= 0.3 is 0 Å². The Hall–Kier alpha value is -1.01. The molecular weight excluding hydrogens is 306 g/mol. The van der Waals surface area contributed by atoms with Crippen LogP contribution in [0.15, 0.2) is 12.1 Å². The van der Waals surface area contributed by atoms with Crippen LogP contribution < -0.4 is 4.74 Å². The van der Waals surface area contributed by atoms with Crippen LogP contribution >= 0.6 is 25.3 Å². The van der Waals surface area contributed by atoms with Gasteiger partial charge in [-0.3, -0.25) is 9.59 Å². The first kappa shape index (κ1) is 18.0. The summed E-state index contributed by atoms with van der Waals surface area (Å²) in [6, 6.07) is 3.00. The monoisotopic (exact) mass is 327 g/mol. The lowest BCUT2D eigenvalue weighted by atomic mass is 10.1. The Labute approximate surface area is 136 Å². The van der Waals surface area contributed by atoms with Crippen LogP contribution in [0.3, 0.4) is 0 Å². The average Bonchev–Trinajstić information content (AvgIpc) is 2.43. The molecule has 0 saturated carbocycles. The molecule has 6 heteroatoms. The molecule has 0 aliphatic carbocycles. The predicted octanol–water partition coefficient (Wildman–Crippen LogP) is 3.96. The van der Waals surface area contributed by atoms with Gasteiger partial charge in [-0.15, -0.1) is 0 Å². The third kappa shape index (κ3) is 6.52. The van der Waals surface area contributed by atoms with Gasteiger partial charge in [0, 0.05) is 12.1 Å². The molecule has 1 atom stereocenters. The summed E-state index contributed by atoms with van der Waals surface area (Å²) in [5, 5.41) is -1.02. The Bertz CT molecular complexity index is 473. The lowest BCUT2D eigenvalue weighted by Crippen LogP contribution is -2.13. The van der Waals surface area contributed by atoms with Crippen LogP contribution in [0, 0.1) is 0 Å². The summed E-state index contributed by atoms with van der Waals surface area (Å²) in [5.41, 5.74) is 0.179. The molecule has 1 heterocycles. The summed E-state index contributed by atoms with van der Waals surface area (Å²) in [6.07, 6.45) is 5.63. The van der Waals surface area contributed by atoms with E-state index >= 15 is 0 Å². The van der Waals surface area contributed by atoms with Gasteiger partial charge < -0.3 is 4.74 Å². The van der Waals surface area contributed by atoms with E-state index in [1.54, 1.807) is 0 Å². The highest BCUT2D eigenvalue weighted by Crippen LogP contribution is 2.20. The maximum absolute atomic E-state index is 11.3. The number of pyridine rings is 1. The zero-order chi connectivity index (χ0) is 15.8. The van der Waals surface area contributed by atoms with Gasteiger partial charge in [0.1, 0.15) is 17.1 Å². The molecule has 0 unspecified atom stereocenters. The summed E-state index contributed by atoms with van der Waals surface area (Å²) < 4.78 is 5.76. The molecule has 0 radical (unpaired) electrons. The zero-order valence-corrected chi connectivity index (χ0v) is 14.1. The number of ether oxygens (including phenoxy) is 1. The van der Waals surface area contributed by atoms with Gasteiger partial charge in [-0.05, 0) is 19.8 Å². The lowest BCUT2D eigenvalue weighted by molar-refractivity contribution is 0.108. The predicted molar refractivity (Wildman–Crippen MR) is 89.7 cm³/mol. The van der Waals surface area contributed by atoms with E-state index in [-0.39, 0.29) is 17.5 Å². The second-order valence-corrected chi connectivity index (χ2v) is 5.77. The van der Waals surface area contributed by atoms with Crippen molar-refractivity contribution in [3.63, 3.8) is 0 Å². The van der Waals surface area contributed by atoms with Gasteiger partial charge in [-0.1, -0.05) is 51.4 Å². The van der Waals surface area contributed by atoms with Crippen molar-refractivity contribution in [2.75, 3.05) is 0 Å². The first-order valence-electron chi connectivity index (χ1n) is 7.09. The fraction of sp³-hybridized carbons (Fsp3) is 0.533. The number of rotatable bonds is 9. The summed E-state index contributed by atoms with van der Waals surface area (Å²) in [4.78, 5) is 26.5. The van der Waals surface area contributed by atoms with Crippen molar-refractivity contribution in [3.05, 3.63) is 23.5 Å². The molecule has 1 rings (SSSR count). The Balaban J connectivity index is 2.73. The number of carbonyl (C=O) groups is 2. The topological polar surface area (TPSA) is 56.3 Å². The van der Waals surface area contributed by atoms with Crippen molar-refractivity contribution in [3.8, 4) is 5.75 Å². The second kappa shape index (κ2) is 9.10. The average molecular weight is 327 g/mol. The van der Waals surface area contributed by atoms with Gasteiger partial charge in [0.2, 0.25) is 10.2 Å². The Kier molecular flexibility index (Phi) is 7.82. The largest absolute Gasteiger partial charge is 0.491 e. The summed E-state index contributed by atoms with van der Waals surface area (Å²) in [7, 11) is 0. The van der Waals surface area contributed by atoms with Crippen LogP contribution in [-0.2, 0) is 0 Å². The molecule has 4 nitrogen and oxygen atoms in total. The van der Waals surface area contributed by atoms with Crippen molar-refractivity contribution in [1.29, 1.82) is 0 Å². The lowest BCUT2D eigenvalue weighted by Gasteiger charge is -2.15. The number of nitrogens with zero attached hydrogens (tertiary/aromatic N) is 1. The maximum Gasteiger partial charge on any atom is 0.234 e. The van der Waals surface area contributed by atoms with Crippen molar-refractivity contribution in [2.24, 2.45) is 0 Å². The first-order chi connectivity index (χ1) is 9.93. The molecule has 0 aromatic carbocycles. The number of thiol groups is 2. The van der Waals surface area contributed by atoms with Gasteiger partial charge in [0.05, 0.1) is 6.10 Å². The van der Waals surface area contributed by atoms with Crippen LogP contribution in [0.1, 0.15) is 66.9 Å². The molecule has 0 fully saturated rings. The van der Waals surface area contributed by atoms with E-state index in [0.29, 0.717) is 5.75 Å². The molecule has 0 aliphatic heterocycles.